The highest BCUT2D eigenvalue weighted by atomic mass is 32.2. The first-order valence-electron chi connectivity index (χ1n) is 10.3. The molecular formula is C23H31NO3S. The average Bonchev–Trinajstić information content (AvgIpc) is 2.80. The van der Waals surface area contributed by atoms with Gasteiger partial charge in [-0.3, -0.25) is 5.32 Å². The van der Waals surface area contributed by atoms with E-state index in [9.17, 15) is 8.42 Å². The maximum absolute atomic E-state index is 13.5. The molecule has 1 N–H and O–H groups in total. The first kappa shape index (κ1) is 20.9. The van der Waals surface area contributed by atoms with Crippen LogP contribution in [0.25, 0.3) is 0 Å². The van der Waals surface area contributed by atoms with Gasteiger partial charge in [0.2, 0.25) is 0 Å². The van der Waals surface area contributed by atoms with Gasteiger partial charge in [-0.15, -0.1) is 0 Å². The zero-order valence-corrected chi connectivity index (χ0v) is 17.9. The maximum Gasteiger partial charge on any atom is 0.180 e. The Morgan fingerprint density at radius 1 is 1.11 bits per heavy atom. The Bertz CT molecular complexity index is 895. The lowest BCUT2D eigenvalue weighted by atomic mass is 9.88. The molecule has 1 heterocycles. The average molecular weight is 402 g/mol. The molecule has 0 spiro atoms. The van der Waals surface area contributed by atoms with Gasteiger partial charge in [0.1, 0.15) is 5.75 Å². The van der Waals surface area contributed by atoms with Crippen LogP contribution >= 0.6 is 0 Å². The normalized spacial score (nSPS) is 23.6. The monoisotopic (exact) mass is 401 g/mol. The number of fused-ring (bicyclic) bond motifs is 1. The van der Waals surface area contributed by atoms with Gasteiger partial charge in [0.25, 0.3) is 0 Å². The minimum Gasteiger partial charge on any atom is -0.494 e. The summed E-state index contributed by atoms with van der Waals surface area (Å²) in [7, 11) is -3.45. The molecule has 0 amide bonds. The first-order valence-corrected chi connectivity index (χ1v) is 11.9. The summed E-state index contributed by atoms with van der Waals surface area (Å²) in [5.41, 5.74) is 1.45. The smallest absolute Gasteiger partial charge is 0.180 e. The molecule has 2 atom stereocenters. The quantitative estimate of drug-likeness (QED) is 0.718. The van der Waals surface area contributed by atoms with Crippen molar-refractivity contribution in [1.82, 2.24) is 5.32 Å². The molecule has 1 aliphatic heterocycles. The van der Waals surface area contributed by atoms with E-state index in [0.717, 1.165) is 36.8 Å². The highest BCUT2D eigenvalue weighted by Gasteiger charge is 2.41. The summed E-state index contributed by atoms with van der Waals surface area (Å²) >= 11 is 0. The van der Waals surface area contributed by atoms with Crippen molar-refractivity contribution in [2.75, 3.05) is 12.4 Å². The van der Waals surface area contributed by atoms with E-state index in [0.29, 0.717) is 17.3 Å². The van der Waals surface area contributed by atoms with Gasteiger partial charge >= 0.3 is 0 Å². The van der Waals surface area contributed by atoms with Crippen molar-refractivity contribution in [3.8, 4) is 5.75 Å². The molecule has 2 aromatic rings. The van der Waals surface area contributed by atoms with E-state index in [1.807, 2.05) is 37.3 Å². The van der Waals surface area contributed by atoms with E-state index < -0.39 is 15.4 Å². The predicted octanol–water partition coefficient (Wildman–Crippen LogP) is 4.89. The second-order valence-electron chi connectivity index (χ2n) is 7.62. The van der Waals surface area contributed by atoms with Crippen LogP contribution in [0.3, 0.4) is 0 Å². The lowest BCUT2D eigenvalue weighted by Gasteiger charge is -2.35. The van der Waals surface area contributed by atoms with Crippen molar-refractivity contribution in [2.45, 2.75) is 62.9 Å². The third-order valence-electron chi connectivity index (χ3n) is 5.68. The largest absolute Gasteiger partial charge is 0.494 e. The number of benzene rings is 2. The molecular weight excluding hydrogens is 370 g/mol. The Hall–Kier alpha value is -1.85. The topological polar surface area (TPSA) is 55.4 Å². The highest BCUT2D eigenvalue weighted by Crippen LogP contribution is 2.39. The highest BCUT2D eigenvalue weighted by molar-refractivity contribution is 7.91. The molecule has 3 rings (SSSR count). The second kappa shape index (κ2) is 8.66. The third-order valence-corrected chi connectivity index (χ3v) is 7.63. The fraction of sp³-hybridized carbons (Fsp3) is 0.478. The van der Waals surface area contributed by atoms with Gasteiger partial charge in [0.05, 0.1) is 23.3 Å². The summed E-state index contributed by atoms with van der Waals surface area (Å²) < 4.78 is 32.5. The van der Waals surface area contributed by atoms with Crippen molar-refractivity contribution < 1.29 is 13.2 Å². The number of hydrogen-bond donors (Lipinski definition) is 1. The molecule has 0 fully saturated rings. The standard InChI is InChI=1S/C23H31NO3S/c1-4-7-15-23(5-2)17-28(25,26)21-16-19(27-6-3)13-14-20(21)22(24-23)18-11-9-8-10-12-18/h8-14,16,22,24H,4-7,15,17H2,1-3H3. The van der Waals surface area contributed by atoms with Crippen molar-refractivity contribution in [3.05, 3.63) is 59.7 Å². The van der Waals surface area contributed by atoms with Crippen molar-refractivity contribution >= 4 is 9.84 Å². The number of nitrogens with one attached hydrogen (secondary N) is 1. The number of unbranched alkanes of at least 4 members (excludes halogenated alkanes) is 1. The fourth-order valence-electron chi connectivity index (χ4n) is 4.09. The summed E-state index contributed by atoms with van der Waals surface area (Å²) in [6.07, 6.45) is 3.65. The van der Waals surface area contributed by atoms with Gasteiger partial charge in [-0.1, -0.05) is 63.1 Å². The van der Waals surface area contributed by atoms with E-state index in [1.165, 1.54) is 0 Å². The van der Waals surface area contributed by atoms with Crippen LogP contribution in [0.15, 0.2) is 53.4 Å². The lowest BCUT2D eigenvalue weighted by Crippen LogP contribution is -2.50. The first-order chi connectivity index (χ1) is 13.4. The summed E-state index contributed by atoms with van der Waals surface area (Å²) in [5, 5.41) is 3.77. The van der Waals surface area contributed by atoms with Crippen molar-refractivity contribution in [3.63, 3.8) is 0 Å². The summed E-state index contributed by atoms with van der Waals surface area (Å²) in [5.74, 6) is 0.719. The molecule has 2 unspecified atom stereocenters. The van der Waals surface area contributed by atoms with Crippen LogP contribution in [-0.2, 0) is 9.84 Å². The van der Waals surface area contributed by atoms with Crippen LogP contribution in [0.1, 0.15) is 63.6 Å². The lowest BCUT2D eigenvalue weighted by molar-refractivity contribution is 0.294. The van der Waals surface area contributed by atoms with E-state index in [-0.39, 0.29) is 11.8 Å². The maximum atomic E-state index is 13.5. The van der Waals surface area contributed by atoms with Gasteiger partial charge in [0, 0.05) is 5.54 Å². The van der Waals surface area contributed by atoms with E-state index in [1.54, 1.807) is 6.07 Å². The zero-order chi connectivity index (χ0) is 20.2. The molecule has 1 aliphatic rings. The molecule has 28 heavy (non-hydrogen) atoms. The molecule has 0 bridgehead atoms. The number of ether oxygens (including phenoxy) is 1. The van der Waals surface area contributed by atoms with Crippen molar-refractivity contribution in [1.29, 1.82) is 0 Å². The zero-order valence-electron chi connectivity index (χ0n) is 17.1. The fourth-order valence-corrected chi connectivity index (χ4v) is 6.25. The van der Waals surface area contributed by atoms with Gasteiger partial charge in [-0.25, -0.2) is 8.42 Å². The molecule has 0 saturated carbocycles. The SMILES string of the molecule is CCCCC1(CC)CS(=O)(=O)c2cc(OCC)ccc2C(c2ccccc2)N1. The van der Waals surface area contributed by atoms with Gasteiger partial charge in [-0.05, 0) is 43.0 Å². The predicted molar refractivity (Wildman–Crippen MR) is 114 cm³/mol. The van der Waals surface area contributed by atoms with E-state index in [2.05, 4.69) is 31.3 Å². The van der Waals surface area contributed by atoms with Crippen molar-refractivity contribution in [2.24, 2.45) is 0 Å². The molecule has 2 aromatic carbocycles. The third kappa shape index (κ3) is 4.26. The molecule has 0 radical (unpaired) electrons. The Kier molecular flexibility index (Phi) is 6.46. The van der Waals surface area contributed by atoms with E-state index in [4.69, 9.17) is 4.74 Å². The van der Waals surface area contributed by atoms with Gasteiger partial charge < -0.3 is 4.74 Å². The molecule has 0 aromatic heterocycles. The molecule has 0 saturated heterocycles. The minimum atomic E-state index is -3.45. The molecule has 0 aliphatic carbocycles. The van der Waals surface area contributed by atoms with Crippen LogP contribution in [-0.4, -0.2) is 26.3 Å². The number of sulfone groups is 1. The van der Waals surface area contributed by atoms with Crippen LogP contribution in [0.2, 0.25) is 0 Å². The minimum absolute atomic E-state index is 0.114. The Labute approximate surface area is 169 Å². The van der Waals surface area contributed by atoms with Gasteiger partial charge in [0.15, 0.2) is 9.84 Å². The number of rotatable bonds is 7. The Balaban J connectivity index is 2.19. The number of hydrogen-bond acceptors (Lipinski definition) is 4. The second-order valence-corrected chi connectivity index (χ2v) is 9.58. The van der Waals surface area contributed by atoms with Crippen LogP contribution in [0, 0.1) is 0 Å². The molecule has 4 nitrogen and oxygen atoms in total. The van der Waals surface area contributed by atoms with Crippen LogP contribution < -0.4 is 10.1 Å². The summed E-state index contributed by atoms with van der Waals surface area (Å²) in [6.45, 7) is 6.64. The Morgan fingerprint density at radius 3 is 2.50 bits per heavy atom. The van der Waals surface area contributed by atoms with Gasteiger partial charge in [-0.2, -0.15) is 0 Å². The molecule has 5 heteroatoms. The molecule has 152 valence electrons. The van der Waals surface area contributed by atoms with Crippen LogP contribution in [0.4, 0.5) is 0 Å². The Morgan fingerprint density at radius 2 is 1.86 bits per heavy atom. The van der Waals surface area contributed by atoms with E-state index >= 15 is 0 Å². The summed E-state index contributed by atoms with van der Waals surface area (Å²) in [4.78, 5) is 0.395. The van der Waals surface area contributed by atoms with Crippen LogP contribution in [0.5, 0.6) is 5.75 Å². The summed E-state index contributed by atoms with van der Waals surface area (Å²) in [6, 6.07) is 15.5.